The van der Waals surface area contributed by atoms with Crippen molar-refractivity contribution in [3.8, 4) is 0 Å². The van der Waals surface area contributed by atoms with Crippen molar-refractivity contribution in [3.05, 3.63) is 17.7 Å². The Kier molecular flexibility index (Phi) is 2.42. The third-order valence-corrected chi connectivity index (χ3v) is 2.67. The summed E-state index contributed by atoms with van der Waals surface area (Å²) in [4.78, 5) is 14.7. The van der Waals surface area contributed by atoms with Crippen LogP contribution < -0.4 is 0 Å². The zero-order valence-corrected chi connectivity index (χ0v) is 7.86. The largest absolute Gasteiger partial charge is 0.477 e. The number of hydrogen-bond donors (Lipinski definition) is 1. The van der Waals surface area contributed by atoms with Gasteiger partial charge in [0, 0.05) is 18.9 Å². The number of imidazole rings is 1. The number of aryl methyl sites for hydroxylation is 1. The second kappa shape index (κ2) is 3.60. The summed E-state index contributed by atoms with van der Waals surface area (Å²) in [6.07, 6.45) is -0.385. The van der Waals surface area contributed by atoms with Gasteiger partial charge in [0.05, 0.1) is 6.20 Å². The lowest BCUT2D eigenvalue weighted by Crippen LogP contribution is -2.27. The first-order valence-electron chi connectivity index (χ1n) is 4.65. The summed E-state index contributed by atoms with van der Waals surface area (Å²) in [5.74, 6) is -1.29. The average Bonchev–Trinajstić information content (AvgIpc) is 2.59. The van der Waals surface area contributed by atoms with E-state index in [0.29, 0.717) is 18.7 Å². The van der Waals surface area contributed by atoms with Crippen molar-refractivity contribution in [2.45, 2.75) is 25.8 Å². The predicted octanol–water partition coefficient (Wildman–Crippen LogP) is 1.41. The molecule has 1 aromatic rings. The van der Waals surface area contributed by atoms with Gasteiger partial charge in [-0.05, 0) is 6.42 Å². The van der Waals surface area contributed by atoms with Gasteiger partial charge in [-0.25, -0.2) is 18.6 Å². The van der Waals surface area contributed by atoms with Crippen LogP contribution in [-0.4, -0.2) is 27.1 Å². The number of rotatable bonds is 2. The molecule has 0 spiro atoms. The third kappa shape index (κ3) is 1.71. The summed E-state index contributed by atoms with van der Waals surface area (Å²) in [7, 11) is 0. The highest BCUT2D eigenvalue weighted by Gasteiger charge is 2.29. The molecule has 1 aromatic heterocycles. The molecule has 82 valence electrons. The third-order valence-electron chi connectivity index (χ3n) is 2.67. The molecule has 2 rings (SSSR count). The summed E-state index contributed by atoms with van der Waals surface area (Å²) in [6.45, 7) is 0.0502. The van der Waals surface area contributed by atoms with Gasteiger partial charge >= 0.3 is 5.97 Å². The van der Waals surface area contributed by atoms with Crippen molar-refractivity contribution in [3.63, 3.8) is 0 Å². The Balaban J connectivity index is 2.30. The van der Waals surface area contributed by atoms with Gasteiger partial charge in [-0.3, -0.25) is 0 Å². The van der Waals surface area contributed by atoms with Crippen LogP contribution in [0, 0.1) is 5.92 Å². The molecule has 1 aliphatic rings. The van der Waals surface area contributed by atoms with Crippen LogP contribution in [0.15, 0.2) is 6.20 Å². The molecule has 0 fully saturated rings. The van der Waals surface area contributed by atoms with Crippen molar-refractivity contribution in [1.29, 1.82) is 0 Å². The van der Waals surface area contributed by atoms with Crippen LogP contribution in [0.3, 0.4) is 0 Å². The van der Waals surface area contributed by atoms with E-state index in [4.69, 9.17) is 5.11 Å². The first-order chi connectivity index (χ1) is 7.09. The van der Waals surface area contributed by atoms with E-state index < -0.39 is 18.3 Å². The second-order valence-corrected chi connectivity index (χ2v) is 3.61. The van der Waals surface area contributed by atoms with Crippen LogP contribution in [0.2, 0.25) is 0 Å². The van der Waals surface area contributed by atoms with Crippen molar-refractivity contribution < 1.29 is 18.7 Å². The Morgan fingerprint density at radius 2 is 2.40 bits per heavy atom. The normalized spacial score (nSPS) is 20.3. The fourth-order valence-electron chi connectivity index (χ4n) is 1.83. The van der Waals surface area contributed by atoms with Gasteiger partial charge in [-0.1, -0.05) is 0 Å². The number of hydrogen-bond acceptors (Lipinski definition) is 2. The molecule has 0 aliphatic carbocycles. The van der Waals surface area contributed by atoms with Gasteiger partial charge < -0.3 is 9.67 Å². The quantitative estimate of drug-likeness (QED) is 0.813. The number of fused-ring (bicyclic) bond motifs is 1. The zero-order valence-electron chi connectivity index (χ0n) is 7.86. The van der Waals surface area contributed by atoms with Crippen LogP contribution >= 0.6 is 0 Å². The van der Waals surface area contributed by atoms with Crippen LogP contribution in [0.5, 0.6) is 0 Å². The van der Waals surface area contributed by atoms with Crippen molar-refractivity contribution in [2.75, 3.05) is 0 Å². The molecule has 0 saturated heterocycles. The minimum Gasteiger partial charge on any atom is -0.477 e. The van der Waals surface area contributed by atoms with Gasteiger partial charge in [0.2, 0.25) is 6.43 Å². The lowest BCUT2D eigenvalue weighted by atomic mass is 10.00. The van der Waals surface area contributed by atoms with Gasteiger partial charge in [0.1, 0.15) is 11.5 Å². The zero-order chi connectivity index (χ0) is 11.0. The molecule has 1 N–H and O–H groups in total. The van der Waals surface area contributed by atoms with Gasteiger partial charge in [-0.15, -0.1) is 0 Å². The Morgan fingerprint density at radius 3 is 3.00 bits per heavy atom. The molecular formula is C9H10F2N2O2. The van der Waals surface area contributed by atoms with E-state index >= 15 is 0 Å². The van der Waals surface area contributed by atoms with E-state index in [1.54, 1.807) is 0 Å². The van der Waals surface area contributed by atoms with E-state index in [1.807, 2.05) is 0 Å². The van der Waals surface area contributed by atoms with Gasteiger partial charge in [0.25, 0.3) is 0 Å². The number of carboxylic acid groups (broad SMARTS) is 1. The van der Waals surface area contributed by atoms with Crippen molar-refractivity contribution >= 4 is 5.97 Å². The summed E-state index contributed by atoms with van der Waals surface area (Å²) < 4.78 is 26.3. The molecule has 1 unspecified atom stereocenters. The van der Waals surface area contributed by atoms with Crippen LogP contribution in [-0.2, 0) is 13.0 Å². The number of nitrogens with zero attached hydrogens (tertiary/aromatic N) is 2. The Labute approximate surface area is 84.5 Å². The molecule has 0 saturated carbocycles. The van der Waals surface area contributed by atoms with Crippen molar-refractivity contribution in [2.24, 2.45) is 5.92 Å². The lowest BCUT2D eigenvalue weighted by Gasteiger charge is -2.23. The second-order valence-electron chi connectivity index (χ2n) is 3.61. The molecule has 2 heterocycles. The SMILES string of the molecule is O=C(O)c1cnc2n1CC(C(F)F)CC2. The predicted molar refractivity (Wildman–Crippen MR) is 47.0 cm³/mol. The Hall–Kier alpha value is -1.46. The number of halogens is 2. The fraction of sp³-hybridized carbons (Fsp3) is 0.556. The molecule has 0 amide bonds. The summed E-state index contributed by atoms with van der Waals surface area (Å²) in [5, 5.41) is 8.81. The maximum atomic E-state index is 12.5. The van der Waals surface area contributed by atoms with E-state index in [9.17, 15) is 13.6 Å². The van der Waals surface area contributed by atoms with E-state index in [2.05, 4.69) is 4.98 Å². The molecule has 0 aromatic carbocycles. The fourth-order valence-corrected chi connectivity index (χ4v) is 1.83. The maximum absolute atomic E-state index is 12.5. The average molecular weight is 216 g/mol. The summed E-state index contributed by atoms with van der Waals surface area (Å²) >= 11 is 0. The van der Waals surface area contributed by atoms with Crippen molar-refractivity contribution in [1.82, 2.24) is 9.55 Å². The number of alkyl halides is 2. The highest BCUT2D eigenvalue weighted by atomic mass is 19.3. The Morgan fingerprint density at radius 1 is 1.67 bits per heavy atom. The lowest BCUT2D eigenvalue weighted by molar-refractivity contribution is 0.0524. The van der Waals surface area contributed by atoms with Crippen LogP contribution in [0.25, 0.3) is 0 Å². The standard InChI is InChI=1S/C9H10F2N2O2/c10-8(11)5-1-2-7-12-3-6(9(14)15)13(7)4-5/h3,5,8H,1-2,4H2,(H,14,15). The molecule has 4 nitrogen and oxygen atoms in total. The highest BCUT2D eigenvalue weighted by Crippen LogP contribution is 2.25. The number of carboxylic acids is 1. The number of carbonyl (C=O) groups is 1. The summed E-state index contributed by atoms with van der Waals surface area (Å²) in [6, 6.07) is 0. The minimum absolute atomic E-state index is 0.00431. The molecule has 15 heavy (non-hydrogen) atoms. The molecule has 6 heteroatoms. The number of aromatic nitrogens is 2. The first kappa shape index (κ1) is 10.1. The monoisotopic (exact) mass is 216 g/mol. The molecule has 1 aliphatic heterocycles. The van der Waals surface area contributed by atoms with E-state index in [0.717, 1.165) is 0 Å². The first-order valence-corrected chi connectivity index (χ1v) is 4.65. The van der Waals surface area contributed by atoms with E-state index in [-0.39, 0.29) is 12.2 Å². The minimum atomic E-state index is -2.40. The Bertz CT molecular complexity index is 389. The molecular weight excluding hydrogens is 206 g/mol. The van der Waals surface area contributed by atoms with Gasteiger partial charge in [0.15, 0.2) is 0 Å². The summed E-state index contributed by atoms with van der Waals surface area (Å²) in [5.41, 5.74) is -0.00431. The molecule has 0 bridgehead atoms. The maximum Gasteiger partial charge on any atom is 0.354 e. The van der Waals surface area contributed by atoms with Crippen LogP contribution in [0.1, 0.15) is 22.7 Å². The van der Waals surface area contributed by atoms with Crippen LogP contribution in [0.4, 0.5) is 8.78 Å². The molecule has 1 atom stereocenters. The number of aromatic carboxylic acids is 1. The van der Waals surface area contributed by atoms with Gasteiger partial charge in [-0.2, -0.15) is 0 Å². The smallest absolute Gasteiger partial charge is 0.354 e. The molecule has 0 radical (unpaired) electrons. The topological polar surface area (TPSA) is 55.1 Å². The highest BCUT2D eigenvalue weighted by molar-refractivity contribution is 5.85. The van der Waals surface area contributed by atoms with E-state index in [1.165, 1.54) is 10.8 Å².